The molecule has 1 N–H and O–H groups in total. The SMILES string of the molecule is CC(C)(C)C1CCN(CCCC(=O)NCc2ccccc2)CC1. The van der Waals surface area contributed by atoms with Gasteiger partial charge in [-0.15, -0.1) is 0 Å². The quantitative estimate of drug-likeness (QED) is 0.865. The Bertz CT molecular complexity index is 470. The number of carbonyl (C=O) groups excluding carboxylic acids is 1. The molecule has 1 aromatic carbocycles. The highest BCUT2D eigenvalue weighted by molar-refractivity contribution is 5.75. The molecular formula is C20H32N2O. The van der Waals surface area contributed by atoms with Crippen LogP contribution in [0.5, 0.6) is 0 Å². The molecule has 0 unspecified atom stereocenters. The minimum absolute atomic E-state index is 0.165. The molecule has 0 saturated carbocycles. The Kier molecular flexibility index (Phi) is 6.64. The van der Waals surface area contributed by atoms with Gasteiger partial charge >= 0.3 is 0 Å². The van der Waals surface area contributed by atoms with Crippen LogP contribution in [0.25, 0.3) is 0 Å². The van der Waals surface area contributed by atoms with Crippen LogP contribution in [0.15, 0.2) is 30.3 Å². The highest BCUT2D eigenvalue weighted by Gasteiger charge is 2.28. The van der Waals surface area contributed by atoms with Crippen LogP contribution in [0.3, 0.4) is 0 Å². The third kappa shape index (κ3) is 6.34. The van der Waals surface area contributed by atoms with Crippen LogP contribution in [0.1, 0.15) is 52.0 Å². The summed E-state index contributed by atoms with van der Waals surface area (Å²) < 4.78 is 0. The van der Waals surface area contributed by atoms with Crippen LogP contribution in [-0.4, -0.2) is 30.4 Å². The van der Waals surface area contributed by atoms with E-state index < -0.39 is 0 Å². The minimum Gasteiger partial charge on any atom is -0.352 e. The van der Waals surface area contributed by atoms with E-state index in [2.05, 4.69) is 31.0 Å². The smallest absolute Gasteiger partial charge is 0.220 e. The van der Waals surface area contributed by atoms with E-state index in [1.165, 1.54) is 25.9 Å². The number of nitrogens with zero attached hydrogens (tertiary/aromatic N) is 1. The zero-order chi connectivity index (χ0) is 16.7. The van der Waals surface area contributed by atoms with Gasteiger partial charge in [-0.1, -0.05) is 51.1 Å². The number of benzene rings is 1. The Hall–Kier alpha value is -1.35. The first-order valence-corrected chi connectivity index (χ1v) is 8.98. The van der Waals surface area contributed by atoms with E-state index in [0.29, 0.717) is 18.4 Å². The topological polar surface area (TPSA) is 32.3 Å². The molecule has 1 saturated heterocycles. The number of likely N-dealkylation sites (tertiary alicyclic amines) is 1. The maximum Gasteiger partial charge on any atom is 0.220 e. The van der Waals surface area contributed by atoms with Crippen LogP contribution in [0, 0.1) is 11.3 Å². The van der Waals surface area contributed by atoms with Crippen molar-refractivity contribution in [2.45, 2.75) is 53.0 Å². The summed E-state index contributed by atoms with van der Waals surface area (Å²) in [7, 11) is 0. The highest BCUT2D eigenvalue weighted by Crippen LogP contribution is 2.34. The van der Waals surface area contributed by atoms with Gasteiger partial charge in [-0.3, -0.25) is 4.79 Å². The van der Waals surface area contributed by atoms with E-state index >= 15 is 0 Å². The number of hydrogen-bond donors (Lipinski definition) is 1. The van der Waals surface area contributed by atoms with Crippen molar-refractivity contribution in [2.24, 2.45) is 11.3 Å². The van der Waals surface area contributed by atoms with Crippen LogP contribution >= 0.6 is 0 Å². The first-order valence-electron chi connectivity index (χ1n) is 8.98. The summed E-state index contributed by atoms with van der Waals surface area (Å²) in [5.74, 6) is 1.01. The Balaban J connectivity index is 1.58. The van der Waals surface area contributed by atoms with Gasteiger partial charge in [0.05, 0.1) is 0 Å². The molecule has 0 aliphatic carbocycles. The molecule has 3 nitrogen and oxygen atoms in total. The van der Waals surface area contributed by atoms with Gasteiger partial charge in [0, 0.05) is 13.0 Å². The number of amides is 1. The van der Waals surface area contributed by atoms with Crippen molar-refractivity contribution < 1.29 is 4.79 Å². The molecular weight excluding hydrogens is 284 g/mol. The second-order valence-corrected chi connectivity index (χ2v) is 7.85. The van der Waals surface area contributed by atoms with Crippen molar-refractivity contribution in [3.05, 3.63) is 35.9 Å². The monoisotopic (exact) mass is 316 g/mol. The van der Waals surface area contributed by atoms with Crippen LogP contribution in [0.2, 0.25) is 0 Å². The lowest BCUT2D eigenvalue weighted by molar-refractivity contribution is -0.121. The van der Waals surface area contributed by atoms with Crippen molar-refractivity contribution in [1.82, 2.24) is 10.2 Å². The third-order valence-corrected chi connectivity index (χ3v) is 5.02. The average Bonchev–Trinajstić information content (AvgIpc) is 2.53. The van der Waals surface area contributed by atoms with Crippen molar-refractivity contribution in [3.63, 3.8) is 0 Å². The number of rotatable bonds is 6. The van der Waals surface area contributed by atoms with Crippen molar-refractivity contribution in [2.75, 3.05) is 19.6 Å². The Morgan fingerprint density at radius 3 is 2.43 bits per heavy atom. The van der Waals surface area contributed by atoms with E-state index in [1.807, 2.05) is 30.3 Å². The number of carbonyl (C=O) groups is 1. The first-order chi connectivity index (χ1) is 10.9. The summed E-state index contributed by atoms with van der Waals surface area (Å²) in [6.45, 7) is 11.1. The summed E-state index contributed by atoms with van der Waals surface area (Å²) >= 11 is 0. The number of nitrogens with one attached hydrogen (secondary N) is 1. The van der Waals surface area contributed by atoms with E-state index in [1.54, 1.807) is 0 Å². The predicted molar refractivity (Wildman–Crippen MR) is 96.1 cm³/mol. The van der Waals surface area contributed by atoms with E-state index in [0.717, 1.165) is 24.4 Å². The minimum atomic E-state index is 0.165. The molecule has 128 valence electrons. The van der Waals surface area contributed by atoms with Gasteiger partial charge < -0.3 is 10.2 Å². The maximum atomic E-state index is 11.9. The highest BCUT2D eigenvalue weighted by atomic mass is 16.1. The Morgan fingerprint density at radius 1 is 1.17 bits per heavy atom. The maximum absolute atomic E-state index is 11.9. The molecule has 2 rings (SSSR count). The molecule has 0 spiro atoms. The van der Waals surface area contributed by atoms with E-state index in [9.17, 15) is 4.79 Å². The summed E-state index contributed by atoms with van der Waals surface area (Å²) in [6, 6.07) is 10.1. The Morgan fingerprint density at radius 2 is 1.83 bits per heavy atom. The normalized spacial score (nSPS) is 17.2. The van der Waals surface area contributed by atoms with Crippen molar-refractivity contribution >= 4 is 5.91 Å². The summed E-state index contributed by atoms with van der Waals surface area (Å²) in [5, 5.41) is 3.01. The summed E-state index contributed by atoms with van der Waals surface area (Å²) in [5.41, 5.74) is 1.59. The second-order valence-electron chi connectivity index (χ2n) is 7.85. The molecule has 1 heterocycles. The summed E-state index contributed by atoms with van der Waals surface area (Å²) in [4.78, 5) is 14.4. The molecule has 1 aliphatic heterocycles. The van der Waals surface area contributed by atoms with Crippen molar-refractivity contribution in [3.8, 4) is 0 Å². The van der Waals surface area contributed by atoms with Gasteiger partial charge in [0.25, 0.3) is 0 Å². The van der Waals surface area contributed by atoms with Crippen molar-refractivity contribution in [1.29, 1.82) is 0 Å². The lowest BCUT2D eigenvalue weighted by Gasteiger charge is -2.38. The fourth-order valence-electron chi connectivity index (χ4n) is 3.37. The Labute approximate surface area is 141 Å². The van der Waals surface area contributed by atoms with Gasteiger partial charge in [-0.2, -0.15) is 0 Å². The second kappa shape index (κ2) is 8.49. The van der Waals surface area contributed by atoms with Gasteiger partial charge in [-0.25, -0.2) is 0 Å². The van der Waals surface area contributed by atoms with Gasteiger partial charge in [0.15, 0.2) is 0 Å². The van der Waals surface area contributed by atoms with E-state index in [-0.39, 0.29) is 5.91 Å². The van der Waals surface area contributed by atoms with Crippen LogP contribution in [0.4, 0.5) is 0 Å². The zero-order valence-corrected chi connectivity index (χ0v) is 15.0. The molecule has 1 aliphatic rings. The molecule has 0 radical (unpaired) electrons. The lowest BCUT2D eigenvalue weighted by atomic mass is 9.75. The van der Waals surface area contributed by atoms with E-state index in [4.69, 9.17) is 0 Å². The third-order valence-electron chi connectivity index (χ3n) is 5.02. The molecule has 1 amide bonds. The zero-order valence-electron chi connectivity index (χ0n) is 15.0. The molecule has 3 heteroatoms. The largest absolute Gasteiger partial charge is 0.352 e. The molecule has 0 atom stereocenters. The number of piperidine rings is 1. The molecule has 23 heavy (non-hydrogen) atoms. The van der Waals surface area contributed by atoms with Crippen LogP contribution in [-0.2, 0) is 11.3 Å². The van der Waals surface area contributed by atoms with Crippen LogP contribution < -0.4 is 5.32 Å². The number of hydrogen-bond acceptors (Lipinski definition) is 2. The summed E-state index contributed by atoms with van der Waals surface area (Å²) in [6.07, 6.45) is 4.18. The van der Waals surface area contributed by atoms with Gasteiger partial charge in [0.2, 0.25) is 5.91 Å². The first kappa shape index (κ1) is 18.0. The average molecular weight is 316 g/mol. The molecule has 0 aromatic heterocycles. The predicted octanol–water partition coefficient (Wildman–Crippen LogP) is 3.84. The molecule has 1 aromatic rings. The molecule has 0 bridgehead atoms. The van der Waals surface area contributed by atoms with Gasteiger partial charge in [0.1, 0.15) is 0 Å². The van der Waals surface area contributed by atoms with Gasteiger partial charge in [-0.05, 0) is 55.8 Å². The fourth-order valence-corrected chi connectivity index (χ4v) is 3.37. The lowest BCUT2D eigenvalue weighted by Crippen LogP contribution is -2.38. The molecule has 1 fully saturated rings. The standard InChI is InChI=1S/C20H32N2O/c1-20(2,3)18-11-14-22(15-12-18)13-7-10-19(23)21-16-17-8-5-4-6-9-17/h4-6,8-9,18H,7,10-16H2,1-3H3,(H,21,23). The fraction of sp³-hybridized carbons (Fsp3) is 0.650.